The van der Waals surface area contributed by atoms with Crippen LogP contribution in [-0.4, -0.2) is 10.1 Å². The van der Waals surface area contributed by atoms with Gasteiger partial charge in [0.05, 0.1) is 0 Å². The van der Waals surface area contributed by atoms with Crippen molar-refractivity contribution in [3.05, 3.63) is 39.8 Å². The molecule has 0 saturated heterocycles. The summed E-state index contributed by atoms with van der Waals surface area (Å²) in [6.45, 7) is 0. The molecule has 0 bridgehead atoms. The second-order valence-electron chi connectivity index (χ2n) is 2.39. The van der Waals surface area contributed by atoms with E-state index in [0.717, 1.165) is 0 Å². The number of rotatable bonds is 1. The number of aromatic amines is 1. The van der Waals surface area contributed by atoms with Gasteiger partial charge in [-0.05, 0) is 12.1 Å². The van der Waals surface area contributed by atoms with E-state index >= 15 is 0 Å². The number of pyridine rings is 1. The summed E-state index contributed by atoms with van der Waals surface area (Å²) in [5.74, 6) is 0.271. The lowest BCUT2D eigenvalue weighted by molar-refractivity contribution is 0.424. The molecule has 0 fully saturated rings. The van der Waals surface area contributed by atoms with Crippen molar-refractivity contribution in [3.63, 3.8) is 0 Å². The van der Waals surface area contributed by atoms with E-state index < -0.39 is 5.56 Å². The van der Waals surface area contributed by atoms with Crippen LogP contribution in [0.15, 0.2) is 33.7 Å². The molecule has 66 valence electrons. The van der Waals surface area contributed by atoms with E-state index in [-0.39, 0.29) is 10.8 Å². The first-order chi connectivity index (χ1) is 6.29. The molecule has 2 aromatic rings. The van der Waals surface area contributed by atoms with Crippen LogP contribution in [0.1, 0.15) is 0 Å². The van der Waals surface area contributed by atoms with Crippen molar-refractivity contribution in [1.82, 2.24) is 10.1 Å². The van der Waals surface area contributed by atoms with Gasteiger partial charge >= 0.3 is 0 Å². The summed E-state index contributed by atoms with van der Waals surface area (Å²) >= 11 is 5.67. The molecule has 0 spiro atoms. The summed E-state index contributed by atoms with van der Waals surface area (Å²) in [4.78, 5) is 14.9. The quantitative estimate of drug-likeness (QED) is 0.755. The first kappa shape index (κ1) is 8.07. The number of nitrogens with zero attached hydrogens (tertiary/aromatic N) is 1. The Bertz CT molecular complexity index is 460. The molecule has 4 nitrogen and oxygen atoms in total. The first-order valence-electron chi connectivity index (χ1n) is 3.57. The second-order valence-corrected chi connectivity index (χ2v) is 2.77. The Morgan fingerprint density at radius 1 is 1.46 bits per heavy atom. The Labute approximate surface area is 78.1 Å². The molecule has 2 heterocycles. The van der Waals surface area contributed by atoms with Crippen LogP contribution in [0.4, 0.5) is 0 Å². The van der Waals surface area contributed by atoms with Gasteiger partial charge in [0, 0.05) is 6.20 Å². The van der Waals surface area contributed by atoms with Crippen molar-refractivity contribution in [1.29, 1.82) is 0 Å². The lowest BCUT2D eigenvalue weighted by atomic mass is 10.3. The fourth-order valence-electron chi connectivity index (χ4n) is 0.952. The molecule has 1 N–H and O–H groups in total. The monoisotopic (exact) mass is 196 g/mol. The number of H-pyrrole nitrogens is 1. The standard InChI is InChI=1S/C8H5ClN2O2/c9-6-7(13-11-8(6)12)5-3-1-2-4-10-5/h1-4H,(H,11,12). The molecule has 5 heteroatoms. The average molecular weight is 197 g/mol. The second kappa shape index (κ2) is 3.06. The summed E-state index contributed by atoms with van der Waals surface area (Å²) in [5.41, 5.74) is 0.0909. The van der Waals surface area contributed by atoms with Gasteiger partial charge in [-0.25, -0.2) is 0 Å². The number of halogens is 1. The molecule has 2 rings (SSSR count). The minimum atomic E-state index is -0.442. The lowest BCUT2D eigenvalue weighted by Crippen LogP contribution is -1.96. The van der Waals surface area contributed by atoms with Crippen molar-refractivity contribution in [2.24, 2.45) is 0 Å². The highest BCUT2D eigenvalue weighted by Gasteiger charge is 2.12. The fraction of sp³-hybridized carbons (Fsp3) is 0. The van der Waals surface area contributed by atoms with Crippen LogP contribution in [0.25, 0.3) is 11.5 Å². The maximum atomic E-state index is 10.9. The zero-order chi connectivity index (χ0) is 9.26. The molecule has 0 aliphatic carbocycles. The molecule has 0 aliphatic heterocycles. The van der Waals surface area contributed by atoms with Gasteiger partial charge in [0.15, 0.2) is 5.02 Å². The van der Waals surface area contributed by atoms with Gasteiger partial charge in [-0.15, -0.1) is 0 Å². The molecule has 0 radical (unpaired) electrons. The van der Waals surface area contributed by atoms with E-state index in [2.05, 4.69) is 10.1 Å². The third-order valence-electron chi connectivity index (χ3n) is 1.54. The highest BCUT2D eigenvalue weighted by molar-refractivity contribution is 6.32. The maximum absolute atomic E-state index is 10.9. The number of aromatic nitrogens is 2. The molecule has 0 unspecified atom stereocenters. The molecular formula is C8H5ClN2O2. The Balaban J connectivity index is 2.60. The molecule has 0 atom stereocenters. The smallest absolute Gasteiger partial charge is 0.299 e. The zero-order valence-electron chi connectivity index (χ0n) is 6.45. The van der Waals surface area contributed by atoms with E-state index in [1.165, 1.54) is 0 Å². The average Bonchev–Trinajstić information content (AvgIpc) is 2.49. The Hall–Kier alpha value is -1.55. The van der Waals surface area contributed by atoms with E-state index in [9.17, 15) is 4.79 Å². The van der Waals surface area contributed by atoms with E-state index in [1.807, 2.05) is 0 Å². The van der Waals surface area contributed by atoms with Gasteiger partial charge in [-0.3, -0.25) is 9.78 Å². The minimum Gasteiger partial charge on any atom is -0.375 e. The highest BCUT2D eigenvalue weighted by Crippen LogP contribution is 2.21. The predicted molar refractivity (Wildman–Crippen MR) is 47.6 cm³/mol. The van der Waals surface area contributed by atoms with Gasteiger partial charge < -0.3 is 4.52 Å². The molecular weight excluding hydrogens is 192 g/mol. The van der Waals surface area contributed by atoms with Crippen molar-refractivity contribution >= 4 is 11.6 Å². The third kappa shape index (κ3) is 1.36. The fourth-order valence-corrected chi connectivity index (χ4v) is 1.13. The van der Waals surface area contributed by atoms with Gasteiger partial charge in [0.25, 0.3) is 5.56 Å². The molecule has 0 amide bonds. The van der Waals surface area contributed by atoms with Crippen molar-refractivity contribution < 1.29 is 4.52 Å². The molecule has 2 aromatic heterocycles. The molecule has 0 aromatic carbocycles. The Morgan fingerprint density at radius 2 is 2.31 bits per heavy atom. The number of nitrogens with one attached hydrogen (secondary N) is 1. The summed E-state index contributed by atoms with van der Waals surface area (Å²) in [5, 5.41) is 2.16. The highest BCUT2D eigenvalue weighted by atomic mass is 35.5. The minimum absolute atomic E-state index is 0.0266. The van der Waals surface area contributed by atoms with E-state index in [1.54, 1.807) is 24.4 Å². The van der Waals surface area contributed by atoms with Gasteiger partial charge in [-0.1, -0.05) is 17.7 Å². The Morgan fingerprint density at radius 3 is 2.85 bits per heavy atom. The van der Waals surface area contributed by atoms with Crippen LogP contribution in [0, 0.1) is 0 Å². The van der Waals surface area contributed by atoms with Crippen LogP contribution in [-0.2, 0) is 0 Å². The van der Waals surface area contributed by atoms with E-state index in [4.69, 9.17) is 16.1 Å². The van der Waals surface area contributed by atoms with Gasteiger partial charge in [0.2, 0.25) is 5.76 Å². The third-order valence-corrected chi connectivity index (χ3v) is 1.89. The van der Waals surface area contributed by atoms with Gasteiger partial charge in [-0.2, -0.15) is 5.16 Å². The number of hydrogen-bond donors (Lipinski definition) is 1. The van der Waals surface area contributed by atoms with E-state index in [0.29, 0.717) is 5.69 Å². The summed E-state index contributed by atoms with van der Waals surface area (Å²) in [7, 11) is 0. The first-order valence-corrected chi connectivity index (χ1v) is 3.95. The number of hydrogen-bond acceptors (Lipinski definition) is 3. The van der Waals surface area contributed by atoms with Crippen LogP contribution in [0.3, 0.4) is 0 Å². The molecule has 0 saturated carbocycles. The maximum Gasteiger partial charge on any atom is 0.299 e. The van der Waals surface area contributed by atoms with Gasteiger partial charge in [0.1, 0.15) is 5.69 Å². The summed E-state index contributed by atoms with van der Waals surface area (Å²) in [6, 6.07) is 5.26. The molecule has 0 aliphatic rings. The zero-order valence-corrected chi connectivity index (χ0v) is 7.21. The summed E-state index contributed by atoms with van der Waals surface area (Å²) in [6.07, 6.45) is 1.60. The SMILES string of the molecule is O=c1[nH]oc(-c2ccccn2)c1Cl. The predicted octanol–water partition coefficient (Wildman–Crippen LogP) is 1.68. The van der Waals surface area contributed by atoms with Crippen LogP contribution < -0.4 is 5.56 Å². The van der Waals surface area contributed by atoms with Crippen LogP contribution in [0.2, 0.25) is 5.02 Å². The van der Waals surface area contributed by atoms with Crippen LogP contribution >= 0.6 is 11.6 Å². The van der Waals surface area contributed by atoms with Crippen LogP contribution in [0.5, 0.6) is 0 Å². The lowest BCUT2D eigenvalue weighted by Gasteiger charge is -1.92. The normalized spacial score (nSPS) is 10.2. The summed E-state index contributed by atoms with van der Waals surface area (Å²) < 4.78 is 4.85. The largest absolute Gasteiger partial charge is 0.375 e. The van der Waals surface area contributed by atoms with Crippen molar-refractivity contribution in [3.8, 4) is 11.5 Å². The topological polar surface area (TPSA) is 58.9 Å². The molecule has 13 heavy (non-hydrogen) atoms. The van der Waals surface area contributed by atoms with Crippen molar-refractivity contribution in [2.45, 2.75) is 0 Å². The van der Waals surface area contributed by atoms with Crippen molar-refractivity contribution in [2.75, 3.05) is 0 Å². The Kier molecular flexibility index (Phi) is 1.90.